The highest BCUT2D eigenvalue weighted by molar-refractivity contribution is 6.15. The number of hydrogen-bond acceptors (Lipinski definition) is 0. The number of aromatic nitrogens is 2. The Morgan fingerprint density at radius 1 is 0.526 bits per heavy atom. The van der Waals surface area contributed by atoms with Crippen molar-refractivity contribution in [2.45, 2.75) is 12.8 Å². The summed E-state index contributed by atoms with van der Waals surface area (Å²) in [7, 11) is 0. The van der Waals surface area contributed by atoms with Gasteiger partial charge < -0.3 is 9.13 Å². The molecule has 0 aliphatic heterocycles. The van der Waals surface area contributed by atoms with Crippen molar-refractivity contribution < 1.29 is 0 Å². The van der Waals surface area contributed by atoms with E-state index in [9.17, 15) is 0 Å². The van der Waals surface area contributed by atoms with Crippen LogP contribution < -0.4 is 0 Å². The molecule has 38 heavy (non-hydrogen) atoms. The zero-order valence-corrected chi connectivity index (χ0v) is 21.0. The molecule has 2 aromatic heterocycles. The number of para-hydroxylation sites is 3. The molecule has 0 amide bonds. The molecule has 0 unspecified atom stereocenters. The third-order valence-corrected chi connectivity index (χ3v) is 7.98. The SMILES string of the molecule is C1=Cc2c(n(-c3ccccc3)c3cc4c(cc23)c2ccccc2n4-c2ccccc2-c2ccccc2)CC1. The van der Waals surface area contributed by atoms with Crippen LogP contribution in [0.2, 0.25) is 0 Å². The largest absolute Gasteiger partial charge is 0.313 e. The van der Waals surface area contributed by atoms with Gasteiger partial charge in [-0.1, -0.05) is 97.1 Å². The monoisotopic (exact) mass is 486 g/mol. The fourth-order valence-corrected chi connectivity index (χ4v) is 6.34. The molecule has 2 heterocycles. The van der Waals surface area contributed by atoms with Crippen molar-refractivity contribution in [1.82, 2.24) is 9.13 Å². The van der Waals surface area contributed by atoms with Crippen molar-refractivity contribution in [3.8, 4) is 22.5 Å². The van der Waals surface area contributed by atoms with Crippen molar-refractivity contribution in [3.63, 3.8) is 0 Å². The second-order valence-corrected chi connectivity index (χ2v) is 10.1. The molecule has 1 aliphatic rings. The van der Waals surface area contributed by atoms with Gasteiger partial charge in [-0.3, -0.25) is 0 Å². The Bertz CT molecular complexity index is 2000. The molecule has 0 N–H and O–H groups in total. The van der Waals surface area contributed by atoms with Crippen LogP contribution in [0, 0.1) is 0 Å². The Kier molecular flexibility index (Phi) is 4.68. The lowest BCUT2D eigenvalue weighted by atomic mass is 10.0. The normalized spacial score (nSPS) is 12.9. The third-order valence-electron chi connectivity index (χ3n) is 7.98. The molecule has 0 radical (unpaired) electrons. The van der Waals surface area contributed by atoms with Gasteiger partial charge in [-0.15, -0.1) is 0 Å². The Morgan fingerprint density at radius 2 is 1.24 bits per heavy atom. The standard InChI is InChI=1S/C36H26N2/c1-3-13-25(14-4-1)27-17-7-10-20-32(27)38-34-22-12-9-19-29(34)31-23-30-28-18-8-11-21-33(28)37(35(30)24-36(31)38)26-15-5-2-6-16-26/h1-10,12-20,22-24H,11,21H2. The number of benzene rings is 5. The molecule has 0 fully saturated rings. The summed E-state index contributed by atoms with van der Waals surface area (Å²) in [5, 5.41) is 3.91. The van der Waals surface area contributed by atoms with Crippen molar-refractivity contribution in [3.05, 3.63) is 139 Å². The van der Waals surface area contributed by atoms with Crippen LogP contribution in [-0.2, 0) is 6.42 Å². The summed E-state index contributed by atoms with van der Waals surface area (Å²) in [6.07, 6.45) is 6.78. The molecule has 180 valence electrons. The quantitative estimate of drug-likeness (QED) is 0.235. The first-order chi connectivity index (χ1) is 18.9. The van der Waals surface area contributed by atoms with E-state index < -0.39 is 0 Å². The fourth-order valence-electron chi connectivity index (χ4n) is 6.34. The molecule has 2 nitrogen and oxygen atoms in total. The molecule has 5 aromatic carbocycles. The first-order valence-corrected chi connectivity index (χ1v) is 13.4. The summed E-state index contributed by atoms with van der Waals surface area (Å²) in [5.74, 6) is 0. The van der Waals surface area contributed by atoms with Crippen molar-refractivity contribution >= 4 is 38.8 Å². The van der Waals surface area contributed by atoms with Crippen LogP contribution in [0.3, 0.4) is 0 Å². The van der Waals surface area contributed by atoms with Gasteiger partial charge in [0.25, 0.3) is 0 Å². The molecule has 0 bridgehead atoms. The molecule has 7 aromatic rings. The minimum absolute atomic E-state index is 1.05. The second-order valence-electron chi connectivity index (χ2n) is 10.1. The van der Waals surface area contributed by atoms with Crippen LogP contribution >= 0.6 is 0 Å². The van der Waals surface area contributed by atoms with Crippen LogP contribution in [0.25, 0.3) is 61.3 Å². The van der Waals surface area contributed by atoms with Gasteiger partial charge in [0.1, 0.15) is 0 Å². The Hall–Kier alpha value is -4.82. The zero-order valence-electron chi connectivity index (χ0n) is 21.0. The number of fused-ring (bicyclic) bond motifs is 6. The van der Waals surface area contributed by atoms with E-state index in [4.69, 9.17) is 0 Å². The number of hydrogen-bond donors (Lipinski definition) is 0. The molecule has 0 atom stereocenters. The maximum Gasteiger partial charge on any atom is 0.0562 e. The molecule has 0 saturated heterocycles. The van der Waals surface area contributed by atoms with Crippen molar-refractivity contribution in [2.24, 2.45) is 0 Å². The first kappa shape index (κ1) is 21.3. The number of nitrogens with zero attached hydrogens (tertiary/aromatic N) is 2. The number of allylic oxidation sites excluding steroid dienone is 1. The highest BCUT2D eigenvalue weighted by atomic mass is 15.0. The van der Waals surface area contributed by atoms with Gasteiger partial charge in [-0.05, 0) is 54.8 Å². The lowest BCUT2D eigenvalue weighted by Crippen LogP contribution is -2.02. The maximum atomic E-state index is 2.48. The van der Waals surface area contributed by atoms with Gasteiger partial charge in [-0.25, -0.2) is 0 Å². The zero-order chi connectivity index (χ0) is 25.1. The van der Waals surface area contributed by atoms with E-state index in [0.29, 0.717) is 0 Å². The summed E-state index contributed by atoms with van der Waals surface area (Å²) in [6.45, 7) is 0. The summed E-state index contributed by atoms with van der Waals surface area (Å²) in [4.78, 5) is 0. The smallest absolute Gasteiger partial charge is 0.0562 e. The van der Waals surface area contributed by atoms with Crippen LogP contribution in [0.1, 0.15) is 17.7 Å². The van der Waals surface area contributed by atoms with E-state index >= 15 is 0 Å². The van der Waals surface area contributed by atoms with Crippen LogP contribution in [0.15, 0.2) is 127 Å². The van der Waals surface area contributed by atoms with E-state index in [2.05, 4.69) is 143 Å². The minimum atomic E-state index is 1.05. The summed E-state index contributed by atoms with van der Waals surface area (Å²) in [5.41, 5.74) is 11.4. The molecule has 1 aliphatic carbocycles. The van der Waals surface area contributed by atoms with E-state index in [1.807, 2.05) is 0 Å². The van der Waals surface area contributed by atoms with E-state index in [-0.39, 0.29) is 0 Å². The predicted molar refractivity (Wildman–Crippen MR) is 160 cm³/mol. The lowest BCUT2D eigenvalue weighted by molar-refractivity contribution is 0.888. The third kappa shape index (κ3) is 3.07. The van der Waals surface area contributed by atoms with Crippen LogP contribution in [0.5, 0.6) is 0 Å². The van der Waals surface area contributed by atoms with Gasteiger partial charge in [-0.2, -0.15) is 0 Å². The maximum absolute atomic E-state index is 2.48. The fraction of sp³-hybridized carbons (Fsp3) is 0.0556. The van der Waals surface area contributed by atoms with Gasteiger partial charge in [0.15, 0.2) is 0 Å². The first-order valence-electron chi connectivity index (χ1n) is 13.4. The molecular weight excluding hydrogens is 460 g/mol. The minimum Gasteiger partial charge on any atom is -0.313 e. The van der Waals surface area contributed by atoms with Crippen molar-refractivity contribution in [2.75, 3.05) is 0 Å². The lowest BCUT2D eigenvalue weighted by Gasteiger charge is -2.15. The molecular formula is C36H26N2. The molecule has 0 saturated carbocycles. The van der Waals surface area contributed by atoms with Crippen LogP contribution in [0.4, 0.5) is 0 Å². The Labute approximate surface area is 221 Å². The molecule has 2 heteroatoms. The van der Waals surface area contributed by atoms with E-state index in [1.54, 1.807) is 0 Å². The predicted octanol–water partition coefficient (Wildman–Crippen LogP) is 9.35. The topological polar surface area (TPSA) is 9.86 Å². The highest BCUT2D eigenvalue weighted by Crippen LogP contribution is 2.41. The van der Waals surface area contributed by atoms with Crippen molar-refractivity contribution in [1.29, 1.82) is 0 Å². The summed E-state index contributed by atoms with van der Waals surface area (Å²) < 4.78 is 4.95. The average molecular weight is 487 g/mol. The summed E-state index contributed by atoms with van der Waals surface area (Å²) >= 11 is 0. The van der Waals surface area contributed by atoms with Gasteiger partial charge >= 0.3 is 0 Å². The van der Waals surface area contributed by atoms with E-state index in [1.165, 1.54) is 66.5 Å². The van der Waals surface area contributed by atoms with Gasteiger partial charge in [0.2, 0.25) is 0 Å². The van der Waals surface area contributed by atoms with Crippen LogP contribution in [-0.4, -0.2) is 9.13 Å². The summed E-state index contributed by atoms with van der Waals surface area (Å²) in [6, 6.07) is 44.0. The average Bonchev–Trinajstić information content (AvgIpc) is 3.49. The van der Waals surface area contributed by atoms with E-state index in [0.717, 1.165) is 12.8 Å². The Balaban J connectivity index is 1.53. The van der Waals surface area contributed by atoms with Gasteiger partial charge in [0, 0.05) is 38.7 Å². The number of rotatable bonds is 3. The second kappa shape index (κ2) is 8.36. The van der Waals surface area contributed by atoms with Gasteiger partial charge in [0.05, 0.1) is 22.2 Å². The highest BCUT2D eigenvalue weighted by Gasteiger charge is 2.22. The molecule has 0 spiro atoms. The Morgan fingerprint density at radius 3 is 2.11 bits per heavy atom. The molecule has 8 rings (SSSR count).